The highest BCUT2D eigenvalue weighted by Crippen LogP contribution is 2.20. The predicted octanol–water partition coefficient (Wildman–Crippen LogP) is 2.59. The highest BCUT2D eigenvalue weighted by atomic mass is 127. The van der Waals surface area contributed by atoms with Crippen LogP contribution in [0.3, 0.4) is 0 Å². The van der Waals surface area contributed by atoms with Crippen LogP contribution in [0.4, 0.5) is 0 Å². The van der Waals surface area contributed by atoms with Crippen LogP contribution in [0.1, 0.15) is 27.2 Å². The molecule has 5 nitrogen and oxygen atoms in total. The molecule has 0 amide bonds. The van der Waals surface area contributed by atoms with E-state index in [1.165, 1.54) is 0 Å². The average molecular weight is 425 g/mol. The molecule has 0 spiro atoms. The summed E-state index contributed by atoms with van der Waals surface area (Å²) in [6.07, 6.45) is 8.82. The fraction of sp³-hybridized carbons (Fsp3) is 0.714. The number of guanidine groups is 1. The van der Waals surface area contributed by atoms with Crippen molar-refractivity contribution < 1.29 is 0 Å². The molecule has 0 saturated carbocycles. The van der Waals surface area contributed by atoms with Crippen molar-refractivity contribution in [2.45, 2.75) is 38.5 Å². The van der Waals surface area contributed by atoms with Gasteiger partial charge in [-0.1, -0.05) is 0 Å². The van der Waals surface area contributed by atoms with Crippen LogP contribution in [0.25, 0.3) is 0 Å². The largest absolute Gasteiger partial charge is 0.357 e. The molecule has 7 heteroatoms. The van der Waals surface area contributed by atoms with Crippen molar-refractivity contribution in [1.82, 2.24) is 20.2 Å². The summed E-state index contributed by atoms with van der Waals surface area (Å²) in [5.41, 5.74) is 0. The Kier molecular flexibility index (Phi) is 10.9. The molecule has 2 N–H and O–H groups in total. The van der Waals surface area contributed by atoms with E-state index in [9.17, 15) is 0 Å². The highest BCUT2D eigenvalue weighted by Gasteiger charge is 2.15. The molecule has 0 aromatic carbocycles. The number of nitrogens with one attached hydrogen (secondary N) is 2. The quantitative estimate of drug-likeness (QED) is 0.291. The number of aliphatic imine (C=N–C) groups is 1. The fourth-order valence-corrected chi connectivity index (χ4v) is 1.76. The summed E-state index contributed by atoms with van der Waals surface area (Å²) in [4.78, 5) is 8.68. The van der Waals surface area contributed by atoms with Gasteiger partial charge in [-0.2, -0.15) is 11.8 Å². The van der Waals surface area contributed by atoms with Gasteiger partial charge in [-0.15, -0.1) is 24.0 Å². The topological polar surface area (TPSA) is 54.2 Å². The summed E-state index contributed by atoms with van der Waals surface area (Å²) in [5, 5.41) is 6.66. The first-order valence-electron chi connectivity index (χ1n) is 7.10. The summed E-state index contributed by atoms with van der Waals surface area (Å²) in [5.74, 6) is 0.903. The van der Waals surface area contributed by atoms with Gasteiger partial charge in [-0.05, 0) is 33.4 Å². The zero-order valence-electron chi connectivity index (χ0n) is 13.4. The van der Waals surface area contributed by atoms with Crippen LogP contribution >= 0.6 is 35.7 Å². The molecule has 0 radical (unpaired) electrons. The molecular formula is C14H28IN5S. The maximum atomic E-state index is 4.64. The number of nitrogens with zero attached hydrogens (tertiary/aromatic N) is 3. The Labute approximate surface area is 149 Å². The van der Waals surface area contributed by atoms with Crippen molar-refractivity contribution in [3.05, 3.63) is 18.7 Å². The maximum Gasteiger partial charge on any atom is 0.191 e. The van der Waals surface area contributed by atoms with Gasteiger partial charge in [0.15, 0.2) is 5.96 Å². The minimum atomic E-state index is 0. The molecule has 1 aromatic heterocycles. The van der Waals surface area contributed by atoms with Crippen molar-refractivity contribution in [2.24, 2.45) is 4.99 Å². The molecule has 0 fully saturated rings. The van der Waals surface area contributed by atoms with Gasteiger partial charge in [-0.25, -0.2) is 4.98 Å². The van der Waals surface area contributed by atoms with E-state index in [2.05, 4.69) is 52.2 Å². The molecule has 0 aliphatic rings. The Morgan fingerprint density at radius 1 is 1.38 bits per heavy atom. The van der Waals surface area contributed by atoms with E-state index in [4.69, 9.17) is 0 Å². The number of imidazole rings is 1. The second-order valence-corrected chi connectivity index (χ2v) is 6.75. The molecule has 122 valence electrons. The zero-order valence-corrected chi connectivity index (χ0v) is 16.6. The lowest BCUT2D eigenvalue weighted by Gasteiger charge is -2.20. The zero-order chi connectivity index (χ0) is 14.8. The minimum absolute atomic E-state index is 0. The second kappa shape index (κ2) is 11.2. The summed E-state index contributed by atoms with van der Waals surface area (Å²) >= 11 is 1.84. The smallest absolute Gasteiger partial charge is 0.191 e. The molecular weight excluding hydrogens is 397 g/mol. The van der Waals surface area contributed by atoms with Gasteiger partial charge >= 0.3 is 0 Å². The van der Waals surface area contributed by atoms with Crippen LogP contribution in [-0.4, -0.2) is 46.1 Å². The summed E-state index contributed by atoms with van der Waals surface area (Å²) in [6, 6.07) is 0. The number of aromatic nitrogens is 2. The lowest BCUT2D eigenvalue weighted by molar-refractivity contribution is 0.623. The Balaban J connectivity index is 0.00000400. The van der Waals surface area contributed by atoms with Crippen LogP contribution in [-0.2, 0) is 6.54 Å². The molecule has 1 aromatic rings. The number of hydrogen-bond acceptors (Lipinski definition) is 3. The van der Waals surface area contributed by atoms with Crippen LogP contribution in [0.5, 0.6) is 0 Å². The molecule has 21 heavy (non-hydrogen) atoms. The van der Waals surface area contributed by atoms with Gasteiger partial charge in [0, 0.05) is 36.8 Å². The number of thioether (sulfide) groups is 1. The average Bonchev–Trinajstić information content (AvgIpc) is 2.94. The van der Waals surface area contributed by atoms with Crippen molar-refractivity contribution >= 4 is 41.7 Å². The maximum absolute atomic E-state index is 4.64. The van der Waals surface area contributed by atoms with E-state index in [0.29, 0.717) is 0 Å². The molecule has 0 bridgehead atoms. The number of rotatable bonds is 8. The number of halogens is 1. The third kappa shape index (κ3) is 9.23. The van der Waals surface area contributed by atoms with E-state index >= 15 is 0 Å². The standard InChI is InChI=1S/C14H27N5S.HI/c1-5-16-13(18-11-14(2,3)20-4)17-7-6-9-19-10-8-15-12-19;/h8,10,12H,5-7,9,11H2,1-4H3,(H2,16,17,18);1H. The van der Waals surface area contributed by atoms with Gasteiger partial charge in [0.25, 0.3) is 0 Å². The molecule has 1 rings (SSSR count). The van der Waals surface area contributed by atoms with Crippen molar-refractivity contribution in [1.29, 1.82) is 0 Å². The molecule has 0 aliphatic heterocycles. The minimum Gasteiger partial charge on any atom is -0.357 e. The highest BCUT2D eigenvalue weighted by molar-refractivity contribution is 14.0. The van der Waals surface area contributed by atoms with E-state index in [0.717, 1.165) is 38.6 Å². The van der Waals surface area contributed by atoms with Crippen LogP contribution in [0, 0.1) is 0 Å². The van der Waals surface area contributed by atoms with Gasteiger partial charge < -0.3 is 15.2 Å². The van der Waals surface area contributed by atoms with Crippen molar-refractivity contribution in [3.63, 3.8) is 0 Å². The van der Waals surface area contributed by atoms with Crippen molar-refractivity contribution in [2.75, 3.05) is 25.9 Å². The SMILES string of the molecule is CCNC(=NCC(C)(C)SC)NCCCn1ccnc1.I. The van der Waals surface area contributed by atoms with E-state index in [1.807, 2.05) is 30.5 Å². The molecule has 0 saturated heterocycles. The van der Waals surface area contributed by atoms with Gasteiger partial charge in [-0.3, -0.25) is 4.99 Å². The fourth-order valence-electron chi connectivity index (χ4n) is 1.56. The van der Waals surface area contributed by atoms with Gasteiger partial charge in [0.1, 0.15) is 0 Å². The number of hydrogen-bond donors (Lipinski definition) is 2. The lowest BCUT2D eigenvalue weighted by Crippen LogP contribution is -2.39. The molecule has 1 heterocycles. The number of aryl methyl sites for hydroxylation is 1. The second-order valence-electron chi connectivity index (χ2n) is 5.24. The first kappa shape index (κ1) is 20.6. The van der Waals surface area contributed by atoms with Crippen LogP contribution in [0.15, 0.2) is 23.7 Å². The van der Waals surface area contributed by atoms with Gasteiger partial charge in [0.2, 0.25) is 0 Å². The lowest BCUT2D eigenvalue weighted by atomic mass is 10.2. The van der Waals surface area contributed by atoms with Gasteiger partial charge in [0.05, 0.1) is 12.9 Å². The third-order valence-corrected chi connectivity index (χ3v) is 4.19. The van der Waals surface area contributed by atoms with E-state index in [-0.39, 0.29) is 28.7 Å². The molecule has 0 unspecified atom stereocenters. The predicted molar refractivity (Wildman–Crippen MR) is 104 cm³/mol. The molecule has 0 atom stereocenters. The van der Waals surface area contributed by atoms with Crippen molar-refractivity contribution in [3.8, 4) is 0 Å². The third-order valence-electron chi connectivity index (χ3n) is 2.96. The normalized spacial score (nSPS) is 11.9. The monoisotopic (exact) mass is 425 g/mol. The molecule has 0 aliphatic carbocycles. The summed E-state index contributed by atoms with van der Waals surface area (Å²) < 4.78 is 2.27. The Hall–Kier alpha value is -0.440. The first-order chi connectivity index (χ1) is 9.57. The van der Waals surface area contributed by atoms with Crippen LogP contribution in [0.2, 0.25) is 0 Å². The summed E-state index contributed by atoms with van der Waals surface area (Å²) in [6.45, 7) is 10.1. The first-order valence-corrected chi connectivity index (χ1v) is 8.33. The summed E-state index contributed by atoms with van der Waals surface area (Å²) in [7, 11) is 0. The van der Waals surface area contributed by atoms with Crippen LogP contribution < -0.4 is 10.6 Å². The van der Waals surface area contributed by atoms with E-state index < -0.39 is 0 Å². The Morgan fingerprint density at radius 3 is 2.71 bits per heavy atom. The van der Waals surface area contributed by atoms with E-state index in [1.54, 1.807) is 0 Å². The Morgan fingerprint density at radius 2 is 2.14 bits per heavy atom. The Bertz CT molecular complexity index is 392.